The van der Waals surface area contributed by atoms with Crippen LogP contribution in [-0.2, 0) is 0 Å². The van der Waals surface area contributed by atoms with Gasteiger partial charge in [0.05, 0.1) is 16.8 Å². The Labute approximate surface area is 117 Å². The van der Waals surface area contributed by atoms with E-state index in [1.54, 1.807) is 36.4 Å². The first-order chi connectivity index (χ1) is 8.66. The van der Waals surface area contributed by atoms with Crippen molar-refractivity contribution in [2.24, 2.45) is 5.10 Å². The smallest absolute Gasteiger partial charge is 0.272 e. The van der Waals surface area contributed by atoms with Crippen LogP contribution in [0.15, 0.2) is 50.6 Å². The number of benzene rings is 1. The molecule has 0 spiro atoms. The van der Waals surface area contributed by atoms with E-state index < -0.39 is 0 Å². The van der Waals surface area contributed by atoms with Gasteiger partial charge in [-0.25, -0.2) is 5.43 Å². The number of nitrogens with one attached hydrogen (secondary N) is 1. The number of hydrogen-bond donors (Lipinski definition) is 1. The van der Waals surface area contributed by atoms with Gasteiger partial charge in [-0.05, 0) is 40.2 Å². The highest BCUT2D eigenvalue weighted by Gasteiger charge is 2.07. The molecular weight excluding hydrogens is 320 g/mol. The van der Waals surface area contributed by atoms with Gasteiger partial charge in [0.1, 0.15) is 5.76 Å². The average molecular weight is 328 g/mol. The summed E-state index contributed by atoms with van der Waals surface area (Å²) in [6, 6.07) is 10.2. The Bertz CT molecular complexity index is 595. The highest BCUT2D eigenvalue weighted by atomic mass is 79.9. The van der Waals surface area contributed by atoms with Crippen molar-refractivity contribution in [2.45, 2.75) is 0 Å². The molecule has 2 rings (SSSR count). The fourth-order valence-corrected chi connectivity index (χ4v) is 1.80. The average Bonchev–Trinajstić information content (AvgIpc) is 2.75. The van der Waals surface area contributed by atoms with Crippen molar-refractivity contribution in [3.63, 3.8) is 0 Å². The number of hydrazone groups is 1. The summed E-state index contributed by atoms with van der Waals surface area (Å²) in [5.41, 5.74) is 2.74. The molecule has 6 heteroatoms. The van der Waals surface area contributed by atoms with Crippen LogP contribution in [0.4, 0.5) is 0 Å². The molecule has 0 aliphatic heterocycles. The van der Waals surface area contributed by atoms with Gasteiger partial charge in [-0.3, -0.25) is 4.79 Å². The van der Waals surface area contributed by atoms with Gasteiger partial charge in [0.15, 0.2) is 4.67 Å². The fourth-order valence-electron chi connectivity index (χ4n) is 1.26. The molecule has 92 valence electrons. The van der Waals surface area contributed by atoms with E-state index in [1.165, 1.54) is 6.21 Å². The second-order valence-corrected chi connectivity index (χ2v) is 4.51. The topological polar surface area (TPSA) is 54.6 Å². The van der Waals surface area contributed by atoms with Crippen LogP contribution in [0, 0.1) is 0 Å². The van der Waals surface area contributed by atoms with Crippen LogP contribution in [-0.4, -0.2) is 12.1 Å². The minimum Gasteiger partial charge on any atom is -0.448 e. The highest BCUT2D eigenvalue weighted by Crippen LogP contribution is 2.14. The Kier molecular flexibility index (Phi) is 4.17. The lowest BCUT2D eigenvalue weighted by Crippen LogP contribution is -2.17. The van der Waals surface area contributed by atoms with Gasteiger partial charge in [0, 0.05) is 0 Å². The van der Waals surface area contributed by atoms with Gasteiger partial charge in [0.2, 0.25) is 0 Å². The Balaban J connectivity index is 2.01. The lowest BCUT2D eigenvalue weighted by Gasteiger charge is -2.00. The molecule has 0 aliphatic carbocycles. The van der Waals surface area contributed by atoms with Crippen molar-refractivity contribution in [1.82, 2.24) is 5.43 Å². The van der Waals surface area contributed by atoms with Crippen LogP contribution in [0.2, 0.25) is 5.02 Å². The molecule has 1 aromatic carbocycles. The first kappa shape index (κ1) is 12.9. The molecule has 0 saturated heterocycles. The number of amides is 1. The maximum atomic E-state index is 11.7. The molecule has 0 fully saturated rings. The predicted octanol–water partition coefficient (Wildman–Crippen LogP) is 3.46. The number of halogens is 2. The molecule has 1 heterocycles. The van der Waals surface area contributed by atoms with E-state index in [0.29, 0.717) is 21.0 Å². The molecule has 1 aromatic heterocycles. The van der Waals surface area contributed by atoms with Gasteiger partial charge in [-0.1, -0.05) is 23.7 Å². The van der Waals surface area contributed by atoms with Crippen LogP contribution < -0.4 is 5.43 Å². The quantitative estimate of drug-likeness (QED) is 0.693. The Morgan fingerprint density at radius 3 is 2.78 bits per heavy atom. The Morgan fingerprint density at radius 2 is 2.11 bits per heavy atom. The molecule has 18 heavy (non-hydrogen) atoms. The van der Waals surface area contributed by atoms with Crippen molar-refractivity contribution in [1.29, 1.82) is 0 Å². The van der Waals surface area contributed by atoms with E-state index in [9.17, 15) is 4.79 Å². The third-order valence-corrected chi connectivity index (χ3v) is 2.83. The van der Waals surface area contributed by atoms with Gasteiger partial charge in [-0.2, -0.15) is 5.10 Å². The monoisotopic (exact) mass is 326 g/mol. The van der Waals surface area contributed by atoms with Crippen LogP contribution in [0.3, 0.4) is 0 Å². The zero-order valence-electron chi connectivity index (χ0n) is 9.06. The van der Waals surface area contributed by atoms with Crippen LogP contribution in [0.5, 0.6) is 0 Å². The van der Waals surface area contributed by atoms with Gasteiger partial charge in [-0.15, -0.1) is 0 Å². The highest BCUT2D eigenvalue weighted by molar-refractivity contribution is 9.10. The summed E-state index contributed by atoms with van der Waals surface area (Å²) in [6.45, 7) is 0. The zero-order valence-corrected chi connectivity index (χ0v) is 11.4. The summed E-state index contributed by atoms with van der Waals surface area (Å²) in [6.07, 6.45) is 1.40. The fraction of sp³-hybridized carbons (Fsp3) is 0. The number of carbonyl (C=O) groups excluding carboxylic acids is 1. The minimum absolute atomic E-state index is 0.372. The molecule has 0 saturated carbocycles. The molecule has 4 nitrogen and oxygen atoms in total. The van der Waals surface area contributed by atoms with E-state index >= 15 is 0 Å². The lowest BCUT2D eigenvalue weighted by atomic mass is 10.2. The second-order valence-electron chi connectivity index (χ2n) is 3.32. The van der Waals surface area contributed by atoms with Crippen molar-refractivity contribution in [3.05, 3.63) is 57.4 Å². The number of rotatable bonds is 3. The lowest BCUT2D eigenvalue weighted by molar-refractivity contribution is 0.0955. The van der Waals surface area contributed by atoms with Crippen molar-refractivity contribution in [3.8, 4) is 0 Å². The molecule has 0 radical (unpaired) electrons. The number of furan rings is 1. The maximum Gasteiger partial charge on any atom is 0.272 e. The first-order valence-corrected chi connectivity index (χ1v) is 6.17. The summed E-state index contributed by atoms with van der Waals surface area (Å²) in [7, 11) is 0. The molecular formula is C12H8BrClN2O2. The Hall–Kier alpha value is -1.59. The third-order valence-electron chi connectivity index (χ3n) is 2.07. The van der Waals surface area contributed by atoms with E-state index in [0.717, 1.165) is 0 Å². The minimum atomic E-state index is -0.373. The maximum absolute atomic E-state index is 11.7. The second kappa shape index (κ2) is 5.84. The first-order valence-electron chi connectivity index (χ1n) is 5.00. The molecule has 2 aromatic rings. The van der Waals surface area contributed by atoms with Crippen LogP contribution in [0.25, 0.3) is 0 Å². The normalized spacial score (nSPS) is 10.8. The summed E-state index contributed by atoms with van der Waals surface area (Å²) in [4.78, 5) is 11.7. The SMILES string of the molecule is O=C(NN=Cc1ccc(Br)o1)c1ccccc1Cl. The molecule has 1 amide bonds. The molecule has 0 bridgehead atoms. The number of nitrogens with zero attached hydrogens (tertiary/aromatic N) is 1. The largest absolute Gasteiger partial charge is 0.448 e. The van der Waals surface area contributed by atoms with Crippen LogP contribution >= 0.6 is 27.5 Å². The van der Waals surface area contributed by atoms with Crippen molar-refractivity contribution >= 4 is 39.7 Å². The van der Waals surface area contributed by atoms with Crippen molar-refractivity contribution in [2.75, 3.05) is 0 Å². The third kappa shape index (κ3) is 3.21. The number of carbonyl (C=O) groups is 1. The summed E-state index contributed by atoms with van der Waals surface area (Å²) in [5.74, 6) is 0.156. The van der Waals surface area contributed by atoms with Gasteiger partial charge < -0.3 is 4.42 Å². The molecule has 0 unspecified atom stereocenters. The summed E-state index contributed by atoms with van der Waals surface area (Å²) in [5, 5.41) is 4.16. The molecule has 0 aliphatic rings. The summed E-state index contributed by atoms with van der Waals surface area (Å²) < 4.78 is 5.78. The zero-order chi connectivity index (χ0) is 13.0. The molecule has 1 N–H and O–H groups in total. The van der Waals surface area contributed by atoms with Gasteiger partial charge >= 0.3 is 0 Å². The molecule has 0 atom stereocenters. The Morgan fingerprint density at radius 1 is 1.33 bits per heavy atom. The van der Waals surface area contributed by atoms with Crippen molar-refractivity contribution < 1.29 is 9.21 Å². The van der Waals surface area contributed by atoms with E-state index in [4.69, 9.17) is 16.0 Å². The number of hydrogen-bond acceptors (Lipinski definition) is 3. The van der Waals surface area contributed by atoms with E-state index in [1.807, 2.05) is 0 Å². The van der Waals surface area contributed by atoms with E-state index in [2.05, 4.69) is 26.5 Å². The summed E-state index contributed by atoms with van der Waals surface area (Å²) >= 11 is 9.05. The van der Waals surface area contributed by atoms with Gasteiger partial charge in [0.25, 0.3) is 5.91 Å². The predicted molar refractivity (Wildman–Crippen MR) is 72.9 cm³/mol. The van der Waals surface area contributed by atoms with Crippen LogP contribution in [0.1, 0.15) is 16.1 Å². The van der Waals surface area contributed by atoms with E-state index in [-0.39, 0.29) is 5.91 Å². The standard InChI is InChI=1S/C12H8BrClN2O2/c13-11-6-5-8(18-11)7-15-16-12(17)9-3-1-2-4-10(9)14/h1-7H,(H,16,17).